The molecule has 0 aliphatic carbocycles. The number of aromatic nitrogens is 6. The minimum atomic E-state index is 0.313. The Morgan fingerprint density at radius 3 is 2.83 bits per heavy atom. The zero-order valence-corrected chi connectivity index (χ0v) is 13.1. The van der Waals surface area contributed by atoms with Crippen LogP contribution < -0.4 is 0 Å². The third kappa shape index (κ3) is 2.88. The van der Waals surface area contributed by atoms with Gasteiger partial charge in [-0.2, -0.15) is 9.78 Å². The fourth-order valence-corrected chi connectivity index (χ4v) is 2.72. The maximum Gasteiger partial charge on any atom is 0.268 e. The lowest BCUT2D eigenvalue weighted by atomic mass is 10.1. The van der Waals surface area contributed by atoms with E-state index in [4.69, 9.17) is 4.52 Å². The summed E-state index contributed by atoms with van der Waals surface area (Å²) in [7, 11) is 0. The Labute approximate surface area is 135 Å². The van der Waals surface area contributed by atoms with Gasteiger partial charge in [0.25, 0.3) is 5.89 Å². The molecule has 1 aromatic carbocycles. The lowest BCUT2D eigenvalue weighted by Crippen LogP contribution is -2.05. The normalized spacial score (nSPS) is 11.0. The first kappa shape index (κ1) is 13.8. The van der Waals surface area contributed by atoms with Crippen LogP contribution in [0.25, 0.3) is 22.2 Å². The Balaban J connectivity index is 1.53. The monoisotopic (exact) mass is 324 g/mol. The molecule has 0 spiro atoms. The average Bonchev–Trinajstić information content (AvgIpc) is 3.29. The van der Waals surface area contributed by atoms with Crippen molar-refractivity contribution in [2.45, 2.75) is 13.5 Å². The maximum absolute atomic E-state index is 5.25. The average molecular weight is 324 g/mol. The van der Waals surface area contributed by atoms with Crippen LogP contribution in [0.4, 0.5) is 0 Å². The molecule has 3 aromatic heterocycles. The lowest BCUT2D eigenvalue weighted by molar-refractivity contribution is 0.415. The van der Waals surface area contributed by atoms with Gasteiger partial charge in [0.05, 0.1) is 4.88 Å². The Hall–Kier alpha value is -2.87. The minimum absolute atomic E-state index is 0.313. The molecular formula is C15H12N6OS. The van der Waals surface area contributed by atoms with E-state index in [0.717, 1.165) is 10.4 Å². The molecule has 0 radical (unpaired) electrons. The molecule has 7 nitrogen and oxygen atoms in total. The molecule has 8 heteroatoms. The summed E-state index contributed by atoms with van der Waals surface area (Å²) in [5.74, 6) is 1.60. The standard InChI is InChI=1S/C15H12N6OS/c1-10-4-6-11(7-5-10)14-17-20-21(18-14)9-13-16-15(22-19-13)12-3-2-8-23-12/h2-8H,9H2,1H3. The molecule has 0 atom stereocenters. The molecular weight excluding hydrogens is 312 g/mol. The zero-order chi connectivity index (χ0) is 15.6. The molecule has 23 heavy (non-hydrogen) atoms. The topological polar surface area (TPSA) is 82.5 Å². The summed E-state index contributed by atoms with van der Waals surface area (Å²) in [5.41, 5.74) is 2.11. The van der Waals surface area contributed by atoms with Gasteiger partial charge in [0.2, 0.25) is 5.82 Å². The summed E-state index contributed by atoms with van der Waals surface area (Å²) >= 11 is 1.55. The van der Waals surface area contributed by atoms with E-state index in [1.54, 1.807) is 11.3 Å². The van der Waals surface area contributed by atoms with Crippen molar-refractivity contribution in [1.82, 2.24) is 30.3 Å². The summed E-state index contributed by atoms with van der Waals surface area (Å²) in [6.45, 7) is 2.35. The van der Waals surface area contributed by atoms with Gasteiger partial charge in [0.1, 0.15) is 6.54 Å². The maximum atomic E-state index is 5.25. The Kier molecular flexibility index (Phi) is 3.43. The fraction of sp³-hybridized carbons (Fsp3) is 0.133. The lowest BCUT2D eigenvalue weighted by Gasteiger charge is -1.95. The SMILES string of the molecule is Cc1ccc(-c2nnn(Cc3noc(-c4cccs4)n3)n2)cc1. The van der Waals surface area contributed by atoms with E-state index in [1.165, 1.54) is 10.4 Å². The Morgan fingerprint density at radius 2 is 2.04 bits per heavy atom. The quantitative estimate of drug-likeness (QED) is 0.574. The van der Waals surface area contributed by atoms with E-state index in [1.807, 2.05) is 48.7 Å². The van der Waals surface area contributed by atoms with Crippen molar-refractivity contribution < 1.29 is 4.52 Å². The summed E-state index contributed by atoms with van der Waals surface area (Å²) in [6, 6.07) is 11.9. The molecule has 3 heterocycles. The van der Waals surface area contributed by atoms with Crippen molar-refractivity contribution in [2.75, 3.05) is 0 Å². The molecule has 114 valence electrons. The van der Waals surface area contributed by atoms with E-state index in [0.29, 0.717) is 24.1 Å². The second kappa shape index (κ2) is 5.73. The first-order valence-electron chi connectivity index (χ1n) is 6.99. The highest BCUT2D eigenvalue weighted by Crippen LogP contribution is 2.22. The Bertz CT molecular complexity index is 910. The van der Waals surface area contributed by atoms with Gasteiger partial charge in [-0.1, -0.05) is 41.1 Å². The van der Waals surface area contributed by atoms with E-state index in [9.17, 15) is 0 Å². The summed E-state index contributed by atoms with van der Waals surface area (Å²) in [4.78, 5) is 6.74. The van der Waals surface area contributed by atoms with Crippen molar-refractivity contribution in [1.29, 1.82) is 0 Å². The van der Waals surface area contributed by atoms with E-state index >= 15 is 0 Å². The molecule has 4 rings (SSSR count). The van der Waals surface area contributed by atoms with Gasteiger partial charge in [-0.05, 0) is 23.6 Å². The van der Waals surface area contributed by atoms with Crippen molar-refractivity contribution in [3.8, 4) is 22.2 Å². The number of benzene rings is 1. The zero-order valence-electron chi connectivity index (χ0n) is 12.2. The third-order valence-electron chi connectivity index (χ3n) is 3.25. The number of hydrogen-bond donors (Lipinski definition) is 0. The van der Waals surface area contributed by atoms with Crippen molar-refractivity contribution in [2.24, 2.45) is 0 Å². The van der Waals surface area contributed by atoms with Crippen molar-refractivity contribution >= 4 is 11.3 Å². The Morgan fingerprint density at radius 1 is 1.17 bits per heavy atom. The number of aryl methyl sites for hydroxylation is 1. The van der Waals surface area contributed by atoms with Crippen LogP contribution in [0.3, 0.4) is 0 Å². The predicted octanol–water partition coefficient (Wildman–Crippen LogP) is 2.81. The van der Waals surface area contributed by atoms with Crippen LogP contribution in [0.15, 0.2) is 46.3 Å². The van der Waals surface area contributed by atoms with Crippen molar-refractivity contribution in [3.05, 3.63) is 53.2 Å². The number of nitrogens with zero attached hydrogens (tertiary/aromatic N) is 6. The molecule has 0 bridgehead atoms. The van der Waals surface area contributed by atoms with Crippen LogP contribution in [0.2, 0.25) is 0 Å². The smallest absolute Gasteiger partial charge is 0.268 e. The third-order valence-corrected chi connectivity index (χ3v) is 4.10. The van der Waals surface area contributed by atoms with Gasteiger partial charge in [-0.25, -0.2) is 0 Å². The first-order chi connectivity index (χ1) is 11.3. The van der Waals surface area contributed by atoms with Gasteiger partial charge in [-0.15, -0.1) is 21.5 Å². The van der Waals surface area contributed by atoms with Gasteiger partial charge >= 0.3 is 0 Å². The first-order valence-corrected chi connectivity index (χ1v) is 7.87. The molecule has 0 saturated heterocycles. The molecule has 0 aliphatic rings. The highest BCUT2D eigenvalue weighted by Gasteiger charge is 2.12. The second-order valence-corrected chi connectivity index (χ2v) is 5.95. The summed E-state index contributed by atoms with van der Waals surface area (Å²) < 4.78 is 5.25. The molecule has 0 aliphatic heterocycles. The van der Waals surface area contributed by atoms with Crippen molar-refractivity contribution in [3.63, 3.8) is 0 Å². The van der Waals surface area contributed by atoms with Gasteiger partial charge < -0.3 is 4.52 Å². The second-order valence-electron chi connectivity index (χ2n) is 5.00. The predicted molar refractivity (Wildman–Crippen MR) is 84.7 cm³/mol. The number of thiophene rings is 1. The van der Waals surface area contributed by atoms with Gasteiger partial charge in [0.15, 0.2) is 5.82 Å². The molecule has 0 saturated carbocycles. The molecule has 0 fully saturated rings. The van der Waals surface area contributed by atoms with Crippen LogP contribution in [0.1, 0.15) is 11.4 Å². The number of hydrogen-bond acceptors (Lipinski definition) is 7. The van der Waals surface area contributed by atoms with Crippen LogP contribution in [-0.4, -0.2) is 30.3 Å². The van der Waals surface area contributed by atoms with Gasteiger partial charge in [-0.3, -0.25) is 0 Å². The summed E-state index contributed by atoms with van der Waals surface area (Å²) in [5, 5.41) is 18.4. The summed E-state index contributed by atoms with van der Waals surface area (Å²) in [6.07, 6.45) is 0. The fourth-order valence-electron chi connectivity index (χ4n) is 2.07. The van der Waals surface area contributed by atoms with Crippen LogP contribution in [-0.2, 0) is 6.54 Å². The molecule has 0 N–H and O–H groups in total. The molecule has 4 aromatic rings. The van der Waals surface area contributed by atoms with E-state index < -0.39 is 0 Å². The molecule has 0 amide bonds. The number of rotatable bonds is 4. The van der Waals surface area contributed by atoms with Crippen LogP contribution in [0.5, 0.6) is 0 Å². The van der Waals surface area contributed by atoms with Crippen LogP contribution >= 0.6 is 11.3 Å². The minimum Gasteiger partial charge on any atom is -0.333 e. The van der Waals surface area contributed by atoms with Gasteiger partial charge in [0, 0.05) is 5.56 Å². The highest BCUT2D eigenvalue weighted by molar-refractivity contribution is 7.13. The largest absolute Gasteiger partial charge is 0.333 e. The van der Waals surface area contributed by atoms with E-state index in [2.05, 4.69) is 25.6 Å². The van der Waals surface area contributed by atoms with Crippen LogP contribution in [0, 0.1) is 6.92 Å². The number of tetrazole rings is 1. The molecule has 0 unspecified atom stereocenters. The van der Waals surface area contributed by atoms with E-state index in [-0.39, 0.29) is 0 Å². The highest BCUT2D eigenvalue weighted by atomic mass is 32.1.